The monoisotopic (exact) mass is 163 g/mol. The fourth-order valence-electron chi connectivity index (χ4n) is 1.05. The molecule has 0 amide bonds. The van der Waals surface area contributed by atoms with Crippen LogP contribution in [0.2, 0.25) is 0 Å². The molecule has 0 saturated heterocycles. The van der Waals surface area contributed by atoms with Crippen molar-refractivity contribution in [2.45, 2.75) is 6.42 Å². The molecule has 5 nitrogen and oxygen atoms in total. The number of aromatic amines is 2. The largest absolute Gasteiger partial charge is 0.367 e. The highest BCUT2D eigenvalue weighted by atomic mass is 15.3. The van der Waals surface area contributed by atoms with Gasteiger partial charge in [-0.1, -0.05) is 0 Å². The molecule has 2 aromatic rings. The van der Waals surface area contributed by atoms with Gasteiger partial charge in [0.15, 0.2) is 0 Å². The molecule has 4 N–H and O–H groups in total. The summed E-state index contributed by atoms with van der Waals surface area (Å²) in [7, 11) is 0. The van der Waals surface area contributed by atoms with Crippen LogP contribution < -0.4 is 5.73 Å². The highest BCUT2D eigenvalue weighted by molar-refractivity contribution is 5.16. The lowest BCUT2D eigenvalue weighted by molar-refractivity contribution is 0.951. The number of nitrogen functional groups attached to an aromatic ring is 1. The summed E-state index contributed by atoms with van der Waals surface area (Å²) in [6, 6.07) is 3.92. The van der Waals surface area contributed by atoms with Crippen molar-refractivity contribution in [1.82, 2.24) is 20.2 Å². The van der Waals surface area contributed by atoms with E-state index in [2.05, 4.69) is 20.2 Å². The van der Waals surface area contributed by atoms with E-state index in [-0.39, 0.29) is 5.95 Å². The zero-order valence-corrected chi connectivity index (χ0v) is 6.41. The SMILES string of the molecule is Nc1n[nH]c(Cc2ccc[nH]2)n1. The number of rotatable bonds is 2. The van der Waals surface area contributed by atoms with Crippen molar-refractivity contribution in [1.29, 1.82) is 0 Å². The predicted molar refractivity (Wildman–Crippen MR) is 44.4 cm³/mol. The van der Waals surface area contributed by atoms with Gasteiger partial charge in [-0.2, -0.15) is 4.98 Å². The van der Waals surface area contributed by atoms with Gasteiger partial charge < -0.3 is 10.7 Å². The minimum atomic E-state index is 0.288. The van der Waals surface area contributed by atoms with E-state index < -0.39 is 0 Å². The number of aromatic nitrogens is 4. The molecule has 0 aromatic carbocycles. The number of H-pyrrole nitrogens is 2. The minimum Gasteiger partial charge on any atom is -0.367 e. The quantitative estimate of drug-likeness (QED) is 0.595. The first kappa shape index (κ1) is 6.90. The van der Waals surface area contributed by atoms with Crippen molar-refractivity contribution in [3.05, 3.63) is 29.8 Å². The summed E-state index contributed by atoms with van der Waals surface area (Å²) in [6.45, 7) is 0. The summed E-state index contributed by atoms with van der Waals surface area (Å²) < 4.78 is 0. The molecule has 0 radical (unpaired) electrons. The topological polar surface area (TPSA) is 83.4 Å². The Kier molecular flexibility index (Phi) is 1.55. The second-order valence-corrected chi connectivity index (χ2v) is 2.51. The van der Waals surface area contributed by atoms with Crippen LogP contribution in [0.5, 0.6) is 0 Å². The molecule has 0 aliphatic carbocycles. The van der Waals surface area contributed by atoms with E-state index in [9.17, 15) is 0 Å². The first-order valence-electron chi connectivity index (χ1n) is 3.63. The number of hydrogen-bond acceptors (Lipinski definition) is 3. The van der Waals surface area contributed by atoms with Crippen LogP contribution in [0.1, 0.15) is 11.5 Å². The van der Waals surface area contributed by atoms with E-state index in [0.717, 1.165) is 11.5 Å². The molecular formula is C7H9N5. The van der Waals surface area contributed by atoms with Crippen molar-refractivity contribution in [3.8, 4) is 0 Å². The van der Waals surface area contributed by atoms with Crippen LogP contribution >= 0.6 is 0 Å². The third kappa shape index (κ3) is 1.29. The van der Waals surface area contributed by atoms with E-state index in [0.29, 0.717) is 6.42 Å². The van der Waals surface area contributed by atoms with Crippen LogP contribution in [0.25, 0.3) is 0 Å². The molecular weight excluding hydrogens is 154 g/mol. The Bertz CT molecular complexity index is 348. The lowest BCUT2D eigenvalue weighted by atomic mass is 10.3. The van der Waals surface area contributed by atoms with E-state index in [1.54, 1.807) is 0 Å². The summed E-state index contributed by atoms with van der Waals surface area (Å²) in [4.78, 5) is 7.04. The van der Waals surface area contributed by atoms with Crippen molar-refractivity contribution < 1.29 is 0 Å². The van der Waals surface area contributed by atoms with E-state index in [1.165, 1.54) is 0 Å². The van der Waals surface area contributed by atoms with Gasteiger partial charge in [-0.3, -0.25) is 5.10 Å². The number of hydrogen-bond donors (Lipinski definition) is 3. The molecule has 0 atom stereocenters. The van der Waals surface area contributed by atoms with Crippen LogP contribution in [0.15, 0.2) is 18.3 Å². The first-order valence-corrected chi connectivity index (χ1v) is 3.63. The standard InChI is InChI=1S/C7H9N5/c8-7-10-6(11-12-7)4-5-2-1-3-9-5/h1-3,9H,4H2,(H3,8,10,11,12). The van der Waals surface area contributed by atoms with Gasteiger partial charge >= 0.3 is 0 Å². The lowest BCUT2D eigenvalue weighted by Gasteiger charge is -1.90. The number of anilines is 1. The third-order valence-corrected chi connectivity index (χ3v) is 1.57. The van der Waals surface area contributed by atoms with Gasteiger partial charge in [-0.25, -0.2) is 0 Å². The molecule has 2 aromatic heterocycles. The Morgan fingerprint density at radius 3 is 3.00 bits per heavy atom. The first-order chi connectivity index (χ1) is 5.84. The summed E-state index contributed by atoms with van der Waals surface area (Å²) in [6.07, 6.45) is 2.58. The fraction of sp³-hybridized carbons (Fsp3) is 0.143. The Balaban J connectivity index is 2.14. The van der Waals surface area contributed by atoms with E-state index in [4.69, 9.17) is 5.73 Å². The number of nitrogens with one attached hydrogen (secondary N) is 2. The highest BCUT2D eigenvalue weighted by Crippen LogP contribution is 2.02. The van der Waals surface area contributed by atoms with Crippen molar-refractivity contribution in [3.63, 3.8) is 0 Å². The zero-order chi connectivity index (χ0) is 8.39. The molecule has 0 spiro atoms. The van der Waals surface area contributed by atoms with Crippen LogP contribution in [-0.2, 0) is 6.42 Å². The molecule has 5 heteroatoms. The van der Waals surface area contributed by atoms with Crippen molar-refractivity contribution in [2.75, 3.05) is 5.73 Å². The molecule has 0 unspecified atom stereocenters. The molecule has 62 valence electrons. The average molecular weight is 163 g/mol. The van der Waals surface area contributed by atoms with Gasteiger partial charge in [-0.15, -0.1) is 5.10 Å². The predicted octanol–water partition coefficient (Wildman–Crippen LogP) is 0.306. The van der Waals surface area contributed by atoms with Gasteiger partial charge in [0.2, 0.25) is 5.95 Å². The maximum absolute atomic E-state index is 5.34. The summed E-state index contributed by atoms with van der Waals surface area (Å²) in [5.74, 6) is 1.06. The maximum Gasteiger partial charge on any atom is 0.239 e. The summed E-state index contributed by atoms with van der Waals surface area (Å²) in [5, 5.41) is 6.46. The average Bonchev–Trinajstić information content (AvgIpc) is 2.63. The highest BCUT2D eigenvalue weighted by Gasteiger charge is 2.00. The maximum atomic E-state index is 5.34. The number of nitrogens with two attached hydrogens (primary N) is 1. The fourth-order valence-corrected chi connectivity index (χ4v) is 1.05. The van der Waals surface area contributed by atoms with Crippen LogP contribution in [0, 0.1) is 0 Å². The molecule has 0 bridgehead atoms. The molecule has 2 rings (SSSR count). The smallest absolute Gasteiger partial charge is 0.239 e. The molecule has 12 heavy (non-hydrogen) atoms. The summed E-state index contributed by atoms with van der Waals surface area (Å²) in [5.41, 5.74) is 6.43. The van der Waals surface area contributed by atoms with E-state index in [1.807, 2.05) is 18.3 Å². The second kappa shape index (κ2) is 2.69. The van der Waals surface area contributed by atoms with Crippen LogP contribution in [0.3, 0.4) is 0 Å². The lowest BCUT2D eigenvalue weighted by Crippen LogP contribution is -1.91. The Morgan fingerprint density at radius 2 is 2.42 bits per heavy atom. The molecule has 2 heterocycles. The van der Waals surface area contributed by atoms with Crippen molar-refractivity contribution >= 4 is 5.95 Å². The molecule has 0 fully saturated rings. The Morgan fingerprint density at radius 1 is 1.50 bits per heavy atom. The van der Waals surface area contributed by atoms with Gasteiger partial charge in [0.1, 0.15) is 5.82 Å². The van der Waals surface area contributed by atoms with Gasteiger partial charge in [-0.05, 0) is 12.1 Å². The van der Waals surface area contributed by atoms with Crippen LogP contribution in [0.4, 0.5) is 5.95 Å². The van der Waals surface area contributed by atoms with E-state index >= 15 is 0 Å². The van der Waals surface area contributed by atoms with Crippen LogP contribution in [-0.4, -0.2) is 20.2 Å². The Hall–Kier alpha value is -1.78. The minimum absolute atomic E-state index is 0.288. The normalized spacial score (nSPS) is 10.3. The van der Waals surface area contributed by atoms with Gasteiger partial charge in [0.05, 0.1) is 0 Å². The number of nitrogens with zero attached hydrogens (tertiary/aromatic N) is 2. The van der Waals surface area contributed by atoms with Gasteiger partial charge in [0, 0.05) is 18.3 Å². The summed E-state index contributed by atoms with van der Waals surface area (Å²) >= 11 is 0. The zero-order valence-electron chi connectivity index (χ0n) is 6.41. The molecule has 0 aliphatic heterocycles. The Labute approximate surface area is 69.0 Å². The second-order valence-electron chi connectivity index (χ2n) is 2.51. The van der Waals surface area contributed by atoms with Crippen molar-refractivity contribution in [2.24, 2.45) is 0 Å². The van der Waals surface area contributed by atoms with Gasteiger partial charge in [0.25, 0.3) is 0 Å². The molecule has 0 saturated carbocycles. The third-order valence-electron chi connectivity index (χ3n) is 1.57. The molecule has 0 aliphatic rings.